The minimum atomic E-state index is -4.11. The standard InChI is InChI=1S/C22H22N4O9S/c1-36(29,30)34-20-16(24-25-23)9-26-17-7-14(10-27)8-18(31-11-13-5-3-2-4-6-13)19(17)15-12-32-21(28)33-22(15,20)35-26/h2-8,15-16,20,27H,9-12H2,1H3/t15-,16-,20+,22-/m0/s1. The third kappa shape index (κ3) is 4.29. The molecule has 0 aromatic heterocycles. The van der Waals surface area contributed by atoms with E-state index in [4.69, 9.17) is 28.8 Å². The molecule has 2 saturated heterocycles. The average Bonchev–Trinajstić information content (AvgIpc) is 2.84. The Hall–Kier alpha value is -3.55. The number of carbonyl (C=O) groups is 1. The van der Waals surface area contributed by atoms with Gasteiger partial charge in [-0.1, -0.05) is 35.4 Å². The van der Waals surface area contributed by atoms with Crippen LogP contribution in [-0.2, 0) is 41.8 Å². The number of hydroxylamine groups is 1. The Bertz CT molecular complexity index is 1330. The van der Waals surface area contributed by atoms with Crippen molar-refractivity contribution in [1.82, 2.24) is 0 Å². The number of benzene rings is 2. The van der Waals surface area contributed by atoms with Crippen molar-refractivity contribution in [2.45, 2.75) is 37.1 Å². The molecular weight excluding hydrogens is 496 g/mol. The van der Waals surface area contributed by atoms with Crippen LogP contribution in [0, 0.1) is 0 Å². The maximum absolute atomic E-state index is 12.3. The molecule has 2 aromatic rings. The molecule has 0 unspecified atom stereocenters. The lowest BCUT2D eigenvalue weighted by atomic mass is 9.79. The van der Waals surface area contributed by atoms with Crippen LogP contribution in [0.5, 0.6) is 5.75 Å². The fourth-order valence-corrected chi connectivity index (χ4v) is 5.36. The maximum Gasteiger partial charge on any atom is 0.511 e. The first-order valence-electron chi connectivity index (χ1n) is 10.9. The Morgan fingerprint density at radius 1 is 1.28 bits per heavy atom. The van der Waals surface area contributed by atoms with Gasteiger partial charge in [-0.25, -0.2) is 14.7 Å². The molecule has 3 aliphatic heterocycles. The average molecular weight is 519 g/mol. The van der Waals surface area contributed by atoms with Crippen molar-refractivity contribution in [3.63, 3.8) is 0 Å². The van der Waals surface area contributed by atoms with Crippen LogP contribution < -0.4 is 9.80 Å². The molecule has 3 heterocycles. The molecule has 0 radical (unpaired) electrons. The minimum Gasteiger partial charge on any atom is -0.489 e. The summed E-state index contributed by atoms with van der Waals surface area (Å²) >= 11 is 0. The van der Waals surface area contributed by atoms with Crippen LogP contribution in [-0.4, -0.2) is 57.0 Å². The highest BCUT2D eigenvalue weighted by molar-refractivity contribution is 7.86. The fraction of sp³-hybridized carbons (Fsp3) is 0.409. The van der Waals surface area contributed by atoms with Gasteiger partial charge in [-0.3, -0.25) is 4.18 Å². The number of fused-ring (bicyclic) bond motifs is 4. The number of azide groups is 1. The number of nitrogens with zero attached hydrogens (tertiary/aromatic N) is 4. The summed E-state index contributed by atoms with van der Waals surface area (Å²) in [6, 6.07) is 11.6. The van der Waals surface area contributed by atoms with Crippen molar-refractivity contribution >= 4 is 22.0 Å². The molecule has 13 nitrogen and oxygen atoms in total. The van der Waals surface area contributed by atoms with Gasteiger partial charge >= 0.3 is 6.16 Å². The second-order valence-corrected chi connectivity index (χ2v) is 10.1. The number of aliphatic hydroxyl groups is 1. The second-order valence-electron chi connectivity index (χ2n) is 8.54. The lowest BCUT2D eigenvalue weighted by molar-refractivity contribution is -0.317. The van der Waals surface area contributed by atoms with Crippen LogP contribution in [0.2, 0.25) is 0 Å². The van der Waals surface area contributed by atoms with Crippen molar-refractivity contribution in [3.8, 4) is 5.75 Å². The number of hydrogen-bond donors (Lipinski definition) is 1. The first-order valence-corrected chi connectivity index (χ1v) is 12.7. The Balaban J connectivity index is 1.67. The highest BCUT2D eigenvalue weighted by atomic mass is 32.2. The number of cyclic esters (lactones) is 1. The monoisotopic (exact) mass is 518 g/mol. The van der Waals surface area contributed by atoms with Gasteiger partial charge in [0.1, 0.15) is 19.0 Å². The predicted molar refractivity (Wildman–Crippen MR) is 122 cm³/mol. The lowest BCUT2D eigenvalue weighted by Gasteiger charge is -2.56. The number of ether oxygens (including phenoxy) is 3. The van der Waals surface area contributed by atoms with Gasteiger partial charge in [0.05, 0.1) is 37.1 Å². The number of anilines is 1. The Kier molecular flexibility index (Phi) is 6.14. The largest absolute Gasteiger partial charge is 0.511 e. The maximum atomic E-state index is 12.3. The second kappa shape index (κ2) is 9.15. The molecule has 0 saturated carbocycles. The van der Waals surface area contributed by atoms with Crippen molar-refractivity contribution in [2.24, 2.45) is 5.11 Å². The number of carbonyl (C=O) groups excluding carboxylic acids is 1. The van der Waals surface area contributed by atoms with E-state index in [0.29, 0.717) is 22.6 Å². The molecule has 2 bridgehead atoms. The molecule has 0 amide bonds. The van der Waals surface area contributed by atoms with E-state index >= 15 is 0 Å². The Morgan fingerprint density at radius 3 is 2.75 bits per heavy atom. The van der Waals surface area contributed by atoms with E-state index in [1.54, 1.807) is 12.1 Å². The van der Waals surface area contributed by atoms with E-state index in [1.165, 1.54) is 5.06 Å². The summed E-state index contributed by atoms with van der Waals surface area (Å²) < 4.78 is 46.5. The molecule has 2 fully saturated rings. The molecule has 4 atom stereocenters. The SMILES string of the molecule is CS(=O)(=O)O[C@@H]1[C@@H](N=[N+]=[N-])CN2O[C@]13OC(=O)OC[C@H]3c1c(OCc3ccccc3)cc(CO)cc12. The third-order valence-electron chi connectivity index (χ3n) is 6.14. The molecule has 36 heavy (non-hydrogen) atoms. The normalized spacial score (nSPS) is 26.6. The van der Waals surface area contributed by atoms with Crippen molar-refractivity contribution < 1.29 is 41.6 Å². The van der Waals surface area contributed by atoms with Gasteiger partial charge in [-0.05, 0) is 28.8 Å². The molecular formula is C22H22N4O9S. The molecule has 3 aliphatic rings. The molecule has 5 rings (SSSR count). The highest BCUT2D eigenvalue weighted by Crippen LogP contribution is 2.55. The summed E-state index contributed by atoms with van der Waals surface area (Å²) in [4.78, 5) is 21.2. The van der Waals surface area contributed by atoms with Crippen LogP contribution in [0.15, 0.2) is 47.6 Å². The Morgan fingerprint density at radius 2 is 2.06 bits per heavy atom. The first kappa shape index (κ1) is 24.2. The van der Waals surface area contributed by atoms with Gasteiger partial charge in [0, 0.05) is 10.5 Å². The summed E-state index contributed by atoms with van der Waals surface area (Å²) in [5.74, 6) is -2.61. The van der Waals surface area contributed by atoms with Crippen molar-refractivity contribution in [3.05, 3.63) is 69.6 Å². The first-order chi connectivity index (χ1) is 17.2. The van der Waals surface area contributed by atoms with Crippen molar-refractivity contribution in [2.75, 3.05) is 24.5 Å². The van der Waals surface area contributed by atoms with Gasteiger partial charge in [0.25, 0.3) is 15.9 Å². The van der Waals surface area contributed by atoms with E-state index in [-0.39, 0.29) is 26.4 Å². The van der Waals surface area contributed by atoms with Gasteiger partial charge in [-0.2, -0.15) is 8.42 Å². The zero-order valence-electron chi connectivity index (χ0n) is 19.0. The summed E-state index contributed by atoms with van der Waals surface area (Å²) in [6.07, 6.45) is -1.78. The number of aliphatic hydroxyl groups excluding tert-OH is 1. The van der Waals surface area contributed by atoms with Crippen LogP contribution in [0.4, 0.5) is 10.5 Å². The molecule has 0 aliphatic carbocycles. The van der Waals surface area contributed by atoms with Gasteiger partial charge in [0.15, 0.2) is 6.10 Å². The number of hydrogen-bond acceptors (Lipinski definition) is 11. The van der Waals surface area contributed by atoms with Gasteiger partial charge in [-0.15, -0.1) is 0 Å². The molecule has 14 heteroatoms. The van der Waals surface area contributed by atoms with E-state index in [1.807, 2.05) is 30.3 Å². The lowest BCUT2D eigenvalue weighted by Crippen LogP contribution is -2.70. The van der Waals surface area contributed by atoms with Crippen LogP contribution >= 0.6 is 0 Å². The van der Waals surface area contributed by atoms with Gasteiger partial charge in [0.2, 0.25) is 0 Å². The minimum absolute atomic E-state index is 0.128. The molecule has 190 valence electrons. The quantitative estimate of drug-likeness (QED) is 0.189. The molecule has 1 spiro atoms. The fourth-order valence-electron chi connectivity index (χ4n) is 4.72. The van der Waals surface area contributed by atoms with E-state index in [2.05, 4.69) is 10.0 Å². The van der Waals surface area contributed by atoms with Crippen LogP contribution in [0.3, 0.4) is 0 Å². The topological polar surface area (TPSA) is 170 Å². The van der Waals surface area contributed by atoms with Crippen molar-refractivity contribution in [1.29, 1.82) is 0 Å². The predicted octanol–water partition coefficient (Wildman–Crippen LogP) is 2.49. The van der Waals surface area contributed by atoms with Crippen LogP contribution in [0.1, 0.15) is 22.6 Å². The highest BCUT2D eigenvalue weighted by Gasteiger charge is 2.66. The molecule has 1 N–H and O–H groups in total. The molecule has 2 aromatic carbocycles. The van der Waals surface area contributed by atoms with Gasteiger partial charge < -0.3 is 19.3 Å². The van der Waals surface area contributed by atoms with E-state index < -0.39 is 40.1 Å². The zero-order chi connectivity index (χ0) is 25.5. The van der Waals surface area contributed by atoms with E-state index in [9.17, 15) is 18.3 Å². The Labute approximate surface area is 205 Å². The van der Waals surface area contributed by atoms with Crippen LogP contribution in [0.25, 0.3) is 10.4 Å². The third-order valence-corrected chi connectivity index (χ3v) is 6.70. The zero-order valence-corrected chi connectivity index (χ0v) is 19.8. The van der Waals surface area contributed by atoms with E-state index in [0.717, 1.165) is 11.8 Å². The summed E-state index contributed by atoms with van der Waals surface area (Å²) in [5.41, 5.74) is 11.5. The summed E-state index contributed by atoms with van der Waals surface area (Å²) in [6.45, 7) is -0.499. The summed E-state index contributed by atoms with van der Waals surface area (Å²) in [5, 5.41) is 14.9. The number of rotatable bonds is 7. The smallest absolute Gasteiger partial charge is 0.489 e. The summed E-state index contributed by atoms with van der Waals surface area (Å²) in [7, 11) is -4.11.